The van der Waals surface area contributed by atoms with E-state index in [1.165, 1.54) is 24.0 Å². The van der Waals surface area contributed by atoms with Crippen LogP contribution in [0.25, 0.3) is 0 Å². The number of benzene rings is 1. The molecular formula is C21H29N3O2. The van der Waals surface area contributed by atoms with Gasteiger partial charge in [-0.05, 0) is 43.2 Å². The molecule has 1 aromatic rings. The van der Waals surface area contributed by atoms with Crippen LogP contribution in [0.1, 0.15) is 36.8 Å². The Morgan fingerprint density at radius 3 is 2.50 bits per heavy atom. The third-order valence-corrected chi connectivity index (χ3v) is 6.39. The van der Waals surface area contributed by atoms with Gasteiger partial charge in [0.2, 0.25) is 5.91 Å². The van der Waals surface area contributed by atoms with E-state index in [2.05, 4.69) is 39.4 Å². The van der Waals surface area contributed by atoms with Crippen LogP contribution >= 0.6 is 0 Å². The molecule has 5 nitrogen and oxygen atoms in total. The predicted molar refractivity (Wildman–Crippen MR) is 99.8 cm³/mol. The van der Waals surface area contributed by atoms with Crippen molar-refractivity contribution in [3.63, 3.8) is 0 Å². The van der Waals surface area contributed by atoms with E-state index in [1.807, 2.05) is 0 Å². The number of likely N-dealkylation sites (tertiary alicyclic amines) is 1. The number of hydrogen-bond acceptors (Lipinski definition) is 4. The van der Waals surface area contributed by atoms with E-state index in [1.54, 1.807) is 0 Å². The summed E-state index contributed by atoms with van der Waals surface area (Å²) in [6.07, 6.45) is 6.42. The Balaban J connectivity index is 1.26. The van der Waals surface area contributed by atoms with Gasteiger partial charge in [0.1, 0.15) is 0 Å². The number of hydrogen-bond donors (Lipinski definition) is 1. The molecule has 3 heterocycles. The normalized spacial score (nSPS) is 31.6. The molecule has 1 saturated carbocycles. The van der Waals surface area contributed by atoms with Crippen molar-refractivity contribution >= 4 is 5.91 Å². The highest BCUT2D eigenvalue weighted by atomic mass is 16.5. The minimum absolute atomic E-state index is 0.0248. The average Bonchev–Trinajstić information content (AvgIpc) is 3.41. The van der Waals surface area contributed by atoms with Crippen LogP contribution in [0.15, 0.2) is 24.3 Å². The van der Waals surface area contributed by atoms with E-state index in [0.717, 1.165) is 52.0 Å². The van der Waals surface area contributed by atoms with Gasteiger partial charge in [-0.15, -0.1) is 0 Å². The maximum Gasteiger partial charge on any atom is 0.237 e. The third kappa shape index (κ3) is 3.53. The molecule has 26 heavy (non-hydrogen) atoms. The molecule has 3 fully saturated rings. The number of nitrogens with zero attached hydrogens (tertiary/aromatic N) is 2. The SMILES string of the molecule is O=C(NC1CC1)[C@@H]1Cc2ccccc2CN1CCN1CC2CCC(C1)O2. The van der Waals surface area contributed by atoms with Crippen LogP contribution in [0.3, 0.4) is 0 Å². The fourth-order valence-corrected chi connectivity index (χ4v) is 4.75. The lowest BCUT2D eigenvalue weighted by atomic mass is 9.93. The molecule has 2 unspecified atom stereocenters. The van der Waals surface area contributed by atoms with Gasteiger partial charge in [-0.2, -0.15) is 0 Å². The van der Waals surface area contributed by atoms with Crippen molar-refractivity contribution in [1.29, 1.82) is 0 Å². The van der Waals surface area contributed by atoms with Gasteiger partial charge in [-0.1, -0.05) is 24.3 Å². The van der Waals surface area contributed by atoms with Gasteiger partial charge in [0.25, 0.3) is 0 Å². The van der Waals surface area contributed by atoms with Gasteiger partial charge in [-0.25, -0.2) is 0 Å². The van der Waals surface area contributed by atoms with Crippen LogP contribution < -0.4 is 5.32 Å². The van der Waals surface area contributed by atoms with Crippen LogP contribution in [0.5, 0.6) is 0 Å². The molecule has 1 aromatic carbocycles. The smallest absolute Gasteiger partial charge is 0.237 e. The lowest BCUT2D eigenvalue weighted by Gasteiger charge is -2.38. The van der Waals surface area contributed by atoms with Crippen LogP contribution in [-0.2, 0) is 22.5 Å². The first-order valence-electron chi connectivity index (χ1n) is 10.2. The van der Waals surface area contributed by atoms with Crippen LogP contribution in [0, 0.1) is 0 Å². The fourth-order valence-electron chi connectivity index (χ4n) is 4.75. The highest BCUT2D eigenvalue weighted by Crippen LogP contribution is 2.28. The highest BCUT2D eigenvalue weighted by Gasteiger charge is 2.36. The number of amides is 1. The maximum absolute atomic E-state index is 12.8. The molecule has 2 saturated heterocycles. The minimum atomic E-state index is -0.0248. The summed E-state index contributed by atoms with van der Waals surface area (Å²) in [6.45, 7) is 4.98. The van der Waals surface area contributed by atoms with E-state index in [4.69, 9.17) is 4.74 Å². The van der Waals surface area contributed by atoms with Crippen molar-refractivity contribution in [2.75, 3.05) is 26.2 Å². The molecule has 140 valence electrons. The summed E-state index contributed by atoms with van der Waals surface area (Å²) in [7, 11) is 0. The largest absolute Gasteiger partial charge is 0.372 e. The van der Waals surface area contributed by atoms with Crippen molar-refractivity contribution in [3.8, 4) is 0 Å². The molecule has 1 amide bonds. The number of carbonyl (C=O) groups excluding carboxylic acids is 1. The zero-order valence-electron chi connectivity index (χ0n) is 15.4. The molecule has 2 bridgehead atoms. The van der Waals surface area contributed by atoms with Gasteiger partial charge in [-0.3, -0.25) is 14.6 Å². The first kappa shape index (κ1) is 16.7. The summed E-state index contributed by atoms with van der Waals surface area (Å²) in [6, 6.07) is 9.00. The number of rotatable bonds is 5. The first-order valence-corrected chi connectivity index (χ1v) is 10.2. The minimum Gasteiger partial charge on any atom is -0.372 e. The molecule has 5 heteroatoms. The number of nitrogens with one attached hydrogen (secondary N) is 1. The fraction of sp³-hybridized carbons (Fsp3) is 0.667. The monoisotopic (exact) mass is 355 g/mol. The Hall–Kier alpha value is -1.43. The molecule has 1 N–H and O–H groups in total. The standard InChI is InChI=1S/C21H29N3O2/c25-21(22-17-5-6-17)20-11-15-3-1-2-4-16(15)12-24(20)10-9-23-13-18-7-8-19(14-23)26-18/h1-4,17-20H,5-14H2,(H,22,25)/t18?,19?,20-/m0/s1. The number of fused-ring (bicyclic) bond motifs is 3. The average molecular weight is 355 g/mol. The van der Waals surface area contributed by atoms with Crippen LogP contribution in [-0.4, -0.2) is 66.2 Å². The Labute approximate surface area is 155 Å². The molecule has 5 rings (SSSR count). The van der Waals surface area contributed by atoms with Crippen LogP contribution in [0.2, 0.25) is 0 Å². The molecule has 4 aliphatic rings. The van der Waals surface area contributed by atoms with E-state index >= 15 is 0 Å². The summed E-state index contributed by atoms with van der Waals surface area (Å²) in [5, 5.41) is 3.23. The summed E-state index contributed by atoms with van der Waals surface area (Å²) in [5.74, 6) is 0.226. The van der Waals surface area contributed by atoms with E-state index < -0.39 is 0 Å². The lowest BCUT2D eigenvalue weighted by molar-refractivity contribution is -0.127. The second-order valence-corrected chi connectivity index (χ2v) is 8.46. The molecule has 3 atom stereocenters. The first-order chi connectivity index (χ1) is 12.7. The molecule has 3 aliphatic heterocycles. The molecule has 0 spiro atoms. The Kier molecular flexibility index (Phi) is 4.47. The number of carbonyl (C=O) groups is 1. The molecule has 1 aliphatic carbocycles. The second kappa shape index (κ2) is 6.95. The summed E-state index contributed by atoms with van der Waals surface area (Å²) in [5.41, 5.74) is 2.72. The maximum atomic E-state index is 12.8. The van der Waals surface area contributed by atoms with E-state index in [9.17, 15) is 4.79 Å². The Morgan fingerprint density at radius 1 is 1.04 bits per heavy atom. The van der Waals surface area contributed by atoms with E-state index in [-0.39, 0.29) is 11.9 Å². The third-order valence-electron chi connectivity index (χ3n) is 6.39. The van der Waals surface area contributed by atoms with Gasteiger partial charge in [0.05, 0.1) is 18.2 Å². The van der Waals surface area contributed by atoms with E-state index in [0.29, 0.717) is 18.2 Å². The topological polar surface area (TPSA) is 44.8 Å². The van der Waals surface area contributed by atoms with Gasteiger partial charge >= 0.3 is 0 Å². The van der Waals surface area contributed by atoms with Crippen molar-refractivity contribution in [2.24, 2.45) is 0 Å². The second-order valence-electron chi connectivity index (χ2n) is 8.46. The van der Waals surface area contributed by atoms with Crippen molar-refractivity contribution in [2.45, 2.75) is 62.9 Å². The number of ether oxygens (including phenoxy) is 1. The van der Waals surface area contributed by atoms with Gasteiger partial charge in [0, 0.05) is 38.8 Å². The molecular weight excluding hydrogens is 326 g/mol. The summed E-state index contributed by atoms with van der Waals surface area (Å²) in [4.78, 5) is 17.8. The van der Waals surface area contributed by atoms with Crippen molar-refractivity contribution < 1.29 is 9.53 Å². The van der Waals surface area contributed by atoms with Crippen molar-refractivity contribution in [3.05, 3.63) is 35.4 Å². The molecule has 0 radical (unpaired) electrons. The summed E-state index contributed by atoms with van der Waals surface area (Å²) < 4.78 is 5.96. The molecule has 0 aromatic heterocycles. The summed E-state index contributed by atoms with van der Waals surface area (Å²) >= 11 is 0. The van der Waals surface area contributed by atoms with Gasteiger partial charge in [0.15, 0.2) is 0 Å². The Morgan fingerprint density at radius 2 is 1.77 bits per heavy atom. The van der Waals surface area contributed by atoms with Crippen molar-refractivity contribution in [1.82, 2.24) is 15.1 Å². The van der Waals surface area contributed by atoms with Gasteiger partial charge < -0.3 is 10.1 Å². The Bertz CT molecular complexity index is 663. The zero-order valence-corrected chi connectivity index (χ0v) is 15.4. The van der Waals surface area contributed by atoms with Crippen LogP contribution in [0.4, 0.5) is 0 Å². The lowest BCUT2D eigenvalue weighted by Crippen LogP contribution is -2.53. The zero-order chi connectivity index (χ0) is 17.5. The highest BCUT2D eigenvalue weighted by molar-refractivity contribution is 5.83. The predicted octanol–water partition coefficient (Wildman–Crippen LogP) is 1.56. The quantitative estimate of drug-likeness (QED) is 0.871. The number of morpholine rings is 1.